The van der Waals surface area contributed by atoms with Crippen LogP contribution in [0.2, 0.25) is 0 Å². The van der Waals surface area contributed by atoms with Gasteiger partial charge in [0.05, 0.1) is 0 Å². The summed E-state index contributed by atoms with van der Waals surface area (Å²) in [5.74, 6) is 0. The second kappa shape index (κ2) is 5.50. The Morgan fingerprint density at radius 2 is 1.95 bits per heavy atom. The molecule has 1 fully saturated rings. The average molecular weight is 287 g/mol. The maximum Gasteiger partial charge on any atom is 0.0389 e. The van der Waals surface area contributed by atoms with Gasteiger partial charge in [-0.3, -0.25) is 0 Å². The largest absolute Gasteiger partial charge is 0.309 e. The van der Waals surface area contributed by atoms with Crippen molar-refractivity contribution in [3.8, 4) is 0 Å². The predicted molar refractivity (Wildman–Crippen MR) is 89.6 cm³/mol. The third kappa shape index (κ3) is 2.64. The summed E-state index contributed by atoms with van der Waals surface area (Å²) < 4.78 is 1.42. The molecule has 0 saturated heterocycles. The maximum absolute atomic E-state index is 3.79. The van der Waals surface area contributed by atoms with Crippen LogP contribution in [0.3, 0.4) is 0 Å². The fraction of sp³-hybridized carbons (Fsp3) is 0.556. The standard InChI is InChI=1S/C18H25NS/c1-13-15-8-4-5-9-16(15)20-17(13)14(2)19-12-18(3)10-6-7-11-18/h4-5,8-9,14,19H,6-7,10-12H2,1-3H3. The Hall–Kier alpha value is -0.860. The number of aryl methyl sites for hydroxylation is 1. The number of nitrogens with one attached hydrogen (secondary N) is 1. The Morgan fingerprint density at radius 1 is 1.25 bits per heavy atom. The number of thiophene rings is 1. The second-order valence-corrected chi connectivity index (χ2v) is 7.79. The van der Waals surface area contributed by atoms with E-state index in [1.807, 2.05) is 11.3 Å². The Kier molecular flexibility index (Phi) is 3.87. The first-order valence-corrected chi connectivity index (χ1v) is 8.62. The number of rotatable bonds is 4. The number of hydrogen-bond donors (Lipinski definition) is 1. The van der Waals surface area contributed by atoms with Crippen molar-refractivity contribution in [2.24, 2.45) is 5.41 Å². The molecule has 1 aromatic carbocycles. The molecular formula is C18H25NS. The molecule has 1 atom stereocenters. The summed E-state index contributed by atoms with van der Waals surface area (Å²) in [7, 11) is 0. The molecule has 20 heavy (non-hydrogen) atoms. The van der Waals surface area contributed by atoms with Crippen LogP contribution in [-0.4, -0.2) is 6.54 Å². The summed E-state index contributed by atoms with van der Waals surface area (Å²) in [6, 6.07) is 9.23. The van der Waals surface area contributed by atoms with E-state index in [0.717, 1.165) is 6.54 Å². The molecule has 1 saturated carbocycles. The van der Waals surface area contributed by atoms with Gasteiger partial charge < -0.3 is 5.32 Å². The van der Waals surface area contributed by atoms with E-state index < -0.39 is 0 Å². The first-order valence-electron chi connectivity index (χ1n) is 7.80. The zero-order valence-corrected chi connectivity index (χ0v) is 13.6. The van der Waals surface area contributed by atoms with E-state index in [0.29, 0.717) is 11.5 Å². The van der Waals surface area contributed by atoms with Crippen molar-refractivity contribution in [1.29, 1.82) is 0 Å². The van der Waals surface area contributed by atoms with E-state index in [2.05, 4.69) is 50.4 Å². The third-order valence-corrected chi connectivity index (χ3v) is 6.38. The quantitative estimate of drug-likeness (QED) is 0.789. The molecule has 1 aliphatic carbocycles. The topological polar surface area (TPSA) is 12.0 Å². The summed E-state index contributed by atoms with van der Waals surface area (Å²) in [6.45, 7) is 8.18. The molecule has 108 valence electrons. The van der Waals surface area contributed by atoms with Crippen molar-refractivity contribution in [1.82, 2.24) is 5.32 Å². The lowest BCUT2D eigenvalue weighted by Gasteiger charge is -2.26. The molecule has 1 heterocycles. The molecule has 2 aromatic rings. The van der Waals surface area contributed by atoms with Gasteiger partial charge in [-0.05, 0) is 49.1 Å². The van der Waals surface area contributed by atoms with Gasteiger partial charge in [0.15, 0.2) is 0 Å². The Morgan fingerprint density at radius 3 is 2.65 bits per heavy atom. The highest BCUT2D eigenvalue weighted by Crippen LogP contribution is 2.38. The highest BCUT2D eigenvalue weighted by molar-refractivity contribution is 7.19. The van der Waals surface area contributed by atoms with Crippen molar-refractivity contribution < 1.29 is 0 Å². The van der Waals surface area contributed by atoms with Gasteiger partial charge in [-0.1, -0.05) is 38.0 Å². The molecule has 1 N–H and O–H groups in total. The maximum atomic E-state index is 3.79. The van der Waals surface area contributed by atoms with Crippen molar-refractivity contribution in [2.45, 2.75) is 52.5 Å². The summed E-state index contributed by atoms with van der Waals surface area (Å²) in [5, 5.41) is 5.22. The molecule has 0 amide bonds. The van der Waals surface area contributed by atoms with E-state index in [4.69, 9.17) is 0 Å². The second-order valence-electron chi connectivity index (χ2n) is 6.71. The molecule has 2 heteroatoms. The zero-order chi connectivity index (χ0) is 14.2. The van der Waals surface area contributed by atoms with Crippen LogP contribution < -0.4 is 5.32 Å². The van der Waals surface area contributed by atoms with Gasteiger partial charge in [0.2, 0.25) is 0 Å². The van der Waals surface area contributed by atoms with Crippen LogP contribution in [0, 0.1) is 12.3 Å². The van der Waals surface area contributed by atoms with Gasteiger partial charge >= 0.3 is 0 Å². The monoisotopic (exact) mass is 287 g/mol. The van der Waals surface area contributed by atoms with Crippen molar-refractivity contribution >= 4 is 21.4 Å². The first kappa shape index (κ1) is 14.1. The molecule has 1 nitrogen and oxygen atoms in total. The van der Waals surface area contributed by atoms with Crippen molar-refractivity contribution in [3.63, 3.8) is 0 Å². The molecule has 1 unspecified atom stereocenters. The SMILES string of the molecule is Cc1c(C(C)NCC2(C)CCCC2)sc2ccccc12. The smallest absolute Gasteiger partial charge is 0.0389 e. The van der Waals surface area contributed by atoms with Crippen molar-refractivity contribution in [2.75, 3.05) is 6.54 Å². The molecule has 0 aliphatic heterocycles. The minimum Gasteiger partial charge on any atom is -0.309 e. The van der Waals surface area contributed by atoms with E-state index >= 15 is 0 Å². The lowest BCUT2D eigenvalue weighted by molar-refractivity contribution is 0.302. The zero-order valence-electron chi connectivity index (χ0n) is 12.8. The van der Waals surface area contributed by atoms with Crippen LogP contribution in [-0.2, 0) is 0 Å². The summed E-state index contributed by atoms with van der Waals surface area (Å²) in [6.07, 6.45) is 5.60. The van der Waals surface area contributed by atoms with Crippen LogP contribution in [0.1, 0.15) is 56.0 Å². The van der Waals surface area contributed by atoms with Crippen LogP contribution >= 0.6 is 11.3 Å². The highest BCUT2D eigenvalue weighted by Gasteiger charge is 2.29. The minimum absolute atomic E-state index is 0.463. The van der Waals surface area contributed by atoms with Gasteiger partial charge in [0, 0.05) is 22.2 Å². The van der Waals surface area contributed by atoms with Crippen LogP contribution in [0.4, 0.5) is 0 Å². The van der Waals surface area contributed by atoms with E-state index in [9.17, 15) is 0 Å². The van der Waals surface area contributed by atoms with Gasteiger partial charge in [0.25, 0.3) is 0 Å². The fourth-order valence-electron chi connectivity index (χ4n) is 3.50. The fourth-order valence-corrected chi connectivity index (χ4v) is 4.74. The Bertz CT molecular complexity index is 592. The molecule has 1 aliphatic rings. The predicted octanol–water partition coefficient (Wildman–Crippen LogP) is 5.44. The number of hydrogen-bond acceptors (Lipinski definition) is 2. The highest BCUT2D eigenvalue weighted by atomic mass is 32.1. The lowest BCUT2D eigenvalue weighted by Crippen LogP contribution is -2.31. The molecule has 1 aromatic heterocycles. The van der Waals surface area contributed by atoms with Gasteiger partial charge in [-0.15, -0.1) is 11.3 Å². The molecule has 0 radical (unpaired) electrons. The average Bonchev–Trinajstić information content (AvgIpc) is 3.02. The minimum atomic E-state index is 0.463. The van der Waals surface area contributed by atoms with E-state index in [1.54, 1.807) is 0 Å². The van der Waals surface area contributed by atoms with Crippen molar-refractivity contribution in [3.05, 3.63) is 34.7 Å². The first-order chi connectivity index (χ1) is 9.59. The van der Waals surface area contributed by atoms with Gasteiger partial charge in [0.1, 0.15) is 0 Å². The third-order valence-electron chi connectivity index (χ3n) is 4.92. The normalized spacial score (nSPS) is 19.6. The number of benzene rings is 1. The molecule has 0 spiro atoms. The molecule has 3 rings (SSSR count). The summed E-state index contributed by atoms with van der Waals surface area (Å²) >= 11 is 1.95. The summed E-state index contributed by atoms with van der Waals surface area (Å²) in [4.78, 5) is 1.51. The van der Waals surface area contributed by atoms with E-state index in [1.165, 1.54) is 46.2 Å². The Balaban J connectivity index is 1.75. The van der Waals surface area contributed by atoms with E-state index in [-0.39, 0.29) is 0 Å². The summed E-state index contributed by atoms with van der Waals surface area (Å²) in [5.41, 5.74) is 1.99. The lowest BCUT2D eigenvalue weighted by atomic mass is 9.88. The number of fused-ring (bicyclic) bond motifs is 1. The van der Waals surface area contributed by atoms with Gasteiger partial charge in [-0.2, -0.15) is 0 Å². The van der Waals surface area contributed by atoms with Crippen LogP contribution in [0.5, 0.6) is 0 Å². The molecular weight excluding hydrogens is 262 g/mol. The molecule has 0 bridgehead atoms. The van der Waals surface area contributed by atoms with Crippen LogP contribution in [0.15, 0.2) is 24.3 Å². The Labute approximate surface area is 126 Å². The van der Waals surface area contributed by atoms with Gasteiger partial charge in [-0.25, -0.2) is 0 Å². The van der Waals surface area contributed by atoms with Crippen LogP contribution in [0.25, 0.3) is 10.1 Å².